The first-order valence-corrected chi connectivity index (χ1v) is 6.01. The summed E-state index contributed by atoms with van der Waals surface area (Å²) in [7, 11) is 0. The summed E-state index contributed by atoms with van der Waals surface area (Å²) < 4.78 is 10.8. The molecule has 0 aliphatic rings. The molecule has 0 radical (unpaired) electrons. The van der Waals surface area contributed by atoms with Gasteiger partial charge in [-0.25, -0.2) is 0 Å². The van der Waals surface area contributed by atoms with Crippen molar-refractivity contribution in [2.24, 2.45) is 5.41 Å². The fourth-order valence-electron chi connectivity index (χ4n) is 1.45. The standard InChI is InChI=1S/C13H16ClNO2/c1-13(2,3)6-7-16-12-10-8-9(14)4-5-11(10)17-15-12/h4-5,8H,6-7H2,1-3H3. The van der Waals surface area contributed by atoms with Crippen molar-refractivity contribution in [1.29, 1.82) is 0 Å². The van der Waals surface area contributed by atoms with Crippen molar-refractivity contribution in [3.8, 4) is 5.88 Å². The summed E-state index contributed by atoms with van der Waals surface area (Å²) in [6.07, 6.45) is 0.960. The molecule has 0 fully saturated rings. The van der Waals surface area contributed by atoms with E-state index >= 15 is 0 Å². The first-order valence-electron chi connectivity index (χ1n) is 5.63. The number of benzene rings is 1. The molecule has 17 heavy (non-hydrogen) atoms. The van der Waals surface area contributed by atoms with Crippen LogP contribution in [0.5, 0.6) is 5.88 Å². The van der Waals surface area contributed by atoms with Crippen molar-refractivity contribution in [3.63, 3.8) is 0 Å². The van der Waals surface area contributed by atoms with Gasteiger partial charge in [-0.05, 0) is 35.2 Å². The molecule has 0 N–H and O–H groups in total. The molecule has 92 valence electrons. The van der Waals surface area contributed by atoms with Crippen molar-refractivity contribution < 1.29 is 9.26 Å². The van der Waals surface area contributed by atoms with E-state index in [1.54, 1.807) is 18.2 Å². The lowest BCUT2D eigenvalue weighted by atomic mass is 9.93. The highest BCUT2D eigenvalue weighted by atomic mass is 35.5. The van der Waals surface area contributed by atoms with Crippen LogP contribution in [0.15, 0.2) is 22.7 Å². The summed E-state index contributed by atoms with van der Waals surface area (Å²) in [6.45, 7) is 7.15. The average molecular weight is 254 g/mol. The highest BCUT2D eigenvalue weighted by Gasteiger charge is 2.13. The summed E-state index contributed by atoms with van der Waals surface area (Å²) >= 11 is 5.93. The maximum Gasteiger partial charge on any atom is 0.262 e. The van der Waals surface area contributed by atoms with Crippen molar-refractivity contribution in [1.82, 2.24) is 5.16 Å². The normalized spacial score (nSPS) is 12.0. The zero-order valence-electron chi connectivity index (χ0n) is 10.3. The lowest BCUT2D eigenvalue weighted by Gasteiger charge is -2.17. The van der Waals surface area contributed by atoms with E-state index in [0.717, 1.165) is 11.8 Å². The molecule has 3 nitrogen and oxygen atoms in total. The van der Waals surface area contributed by atoms with E-state index in [1.807, 2.05) is 0 Å². The minimum atomic E-state index is 0.247. The van der Waals surface area contributed by atoms with Crippen LogP contribution < -0.4 is 4.74 Å². The van der Waals surface area contributed by atoms with Crippen LogP contribution in [0.25, 0.3) is 11.0 Å². The second-order valence-corrected chi connectivity index (χ2v) is 5.72. The molecule has 2 aromatic rings. The van der Waals surface area contributed by atoms with Crippen LogP contribution in [0.2, 0.25) is 5.02 Å². The molecule has 0 bridgehead atoms. The van der Waals surface area contributed by atoms with Gasteiger partial charge >= 0.3 is 0 Å². The average Bonchev–Trinajstić information content (AvgIpc) is 2.59. The summed E-state index contributed by atoms with van der Waals surface area (Å²) in [4.78, 5) is 0. The fraction of sp³-hybridized carbons (Fsp3) is 0.462. The molecule has 4 heteroatoms. The van der Waals surface area contributed by atoms with E-state index in [4.69, 9.17) is 20.9 Å². The van der Waals surface area contributed by atoms with Gasteiger partial charge in [-0.3, -0.25) is 0 Å². The molecule has 0 saturated carbocycles. The maximum absolute atomic E-state index is 5.93. The van der Waals surface area contributed by atoms with Gasteiger partial charge in [-0.1, -0.05) is 32.4 Å². The predicted octanol–water partition coefficient (Wildman–Crippen LogP) is 4.30. The van der Waals surface area contributed by atoms with Crippen LogP contribution in [0.3, 0.4) is 0 Å². The van der Waals surface area contributed by atoms with E-state index in [2.05, 4.69) is 25.9 Å². The minimum Gasteiger partial charge on any atom is -0.475 e. The minimum absolute atomic E-state index is 0.247. The third-order valence-electron chi connectivity index (χ3n) is 2.49. The van der Waals surface area contributed by atoms with Gasteiger partial charge in [-0.15, -0.1) is 0 Å². The molecule has 1 aromatic heterocycles. The molecule has 0 amide bonds. The number of nitrogens with zero attached hydrogens (tertiary/aromatic N) is 1. The van der Waals surface area contributed by atoms with E-state index in [-0.39, 0.29) is 5.41 Å². The van der Waals surface area contributed by atoms with E-state index in [0.29, 0.717) is 23.1 Å². The number of hydrogen-bond acceptors (Lipinski definition) is 3. The van der Waals surface area contributed by atoms with E-state index < -0.39 is 0 Å². The topological polar surface area (TPSA) is 35.3 Å². The Morgan fingerprint density at radius 3 is 2.82 bits per heavy atom. The number of aromatic nitrogens is 1. The third kappa shape index (κ3) is 3.13. The molecule has 0 spiro atoms. The largest absolute Gasteiger partial charge is 0.475 e. The van der Waals surface area contributed by atoms with Crippen LogP contribution in [0.1, 0.15) is 27.2 Å². The number of ether oxygens (including phenoxy) is 1. The second kappa shape index (κ2) is 4.57. The number of rotatable bonds is 3. The lowest BCUT2D eigenvalue weighted by molar-refractivity contribution is 0.228. The molecule has 0 saturated heterocycles. The van der Waals surface area contributed by atoms with E-state index in [1.165, 1.54) is 0 Å². The highest BCUT2D eigenvalue weighted by molar-refractivity contribution is 6.31. The maximum atomic E-state index is 5.93. The Balaban J connectivity index is 2.11. The van der Waals surface area contributed by atoms with Gasteiger partial charge in [0.1, 0.15) is 0 Å². The molecule has 1 aromatic carbocycles. The summed E-state index contributed by atoms with van der Waals surface area (Å²) in [5, 5.41) is 5.38. The molecular weight excluding hydrogens is 238 g/mol. The Bertz CT molecular complexity index is 514. The predicted molar refractivity (Wildman–Crippen MR) is 68.6 cm³/mol. The zero-order valence-corrected chi connectivity index (χ0v) is 11.0. The molecule has 2 rings (SSSR count). The third-order valence-corrected chi connectivity index (χ3v) is 2.72. The van der Waals surface area contributed by atoms with Crippen molar-refractivity contribution in [2.75, 3.05) is 6.61 Å². The smallest absolute Gasteiger partial charge is 0.262 e. The van der Waals surface area contributed by atoms with Gasteiger partial charge in [0.05, 0.1) is 12.0 Å². The monoisotopic (exact) mass is 253 g/mol. The lowest BCUT2D eigenvalue weighted by Crippen LogP contribution is -2.11. The molecule has 1 heterocycles. The molecule has 0 unspecified atom stereocenters. The van der Waals surface area contributed by atoms with Gasteiger partial charge in [-0.2, -0.15) is 0 Å². The summed E-state index contributed by atoms with van der Waals surface area (Å²) in [6, 6.07) is 5.37. The van der Waals surface area contributed by atoms with Crippen LogP contribution in [-0.4, -0.2) is 11.8 Å². The first kappa shape index (κ1) is 12.2. The van der Waals surface area contributed by atoms with E-state index in [9.17, 15) is 0 Å². The highest BCUT2D eigenvalue weighted by Crippen LogP contribution is 2.28. The number of halogens is 1. The second-order valence-electron chi connectivity index (χ2n) is 5.29. The van der Waals surface area contributed by atoms with Gasteiger partial charge < -0.3 is 9.26 Å². The van der Waals surface area contributed by atoms with Crippen molar-refractivity contribution >= 4 is 22.6 Å². The summed E-state index contributed by atoms with van der Waals surface area (Å²) in [5.41, 5.74) is 0.942. The van der Waals surface area contributed by atoms with Crippen molar-refractivity contribution in [3.05, 3.63) is 23.2 Å². The van der Waals surface area contributed by atoms with Crippen LogP contribution in [-0.2, 0) is 0 Å². The van der Waals surface area contributed by atoms with Gasteiger partial charge in [0.2, 0.25) is 0 Å². The fourth-order valence-corrected chi connectivity index (χ4v) is 1.62. The first-order chi connectivity index (χ1) is 7.96. The van der Waals surface area contributed by atoms with Crippen LogP contribution in [0, 0.1) is 5.41 Å². The molecular formula is C13H16ClNO2. The van der Waals surface area contributed by atoms with Crippen LogP contribution >= 0.6 is 11.6 Å². The van der Waals surface area contributed by atoms with Crippen molar-refractivity contribution in [2.45, 2.75) is 27.2 Å². The number of fused-ring (bicyclic) bond motifs is 1. The van der Waals surface area contributed by atoms with Crippen LogP contribution in [0.4, 0.5) is 0 Å². The molecule has 0 atom stereocenters. The van der Waals surface area contributed by atoms with Gasteiger partial charge in [0.25, 0.3) is 5.88 Å². The quantitative estimate of drug-likeness (QED) is 0.818. The Hall–Kier alpha value is -1.22. The SMILES string of the molecule is CC(C)(C)CCOc1noc2ccc(Cl)cc12. The number of hydrogen-bond donors (Lipinski definition) is 0. The Labute approximate surface area is 106 Å². The Kier molecular flexibility index (Phi) is 3.29. The Morgan fingerprint density at radius 2 is 2.12 bits per heavy atom. The molecule has 0 aliphatic heterocycles. The summed E-state index contributed by atoms with van der Waals surface area (Å²) in [5.74, 6) is 0.520. The molecule has 0 aliphatic carbocycles. The Morgan fingerprint density at radius 1 is 1.35 bits per heavy atom. The zero-order chi connectivity index (χ0) is 12.5. The van der Waals surface area contributed by atoms with Gasteiger partial charge in [0.15, 0.2) is 5.58 Å². The van der Waals surface area contributed by atoms with Gasteiger partial charge in [0, 0.05) is 5.02 Å².